The van der Waals surface area contributed by atoms with Gasteiger partial charge in [-0.2, -0.15) is 0 Å². The van der Waals surface area contributed by atoms with Crippen molar-refractivity contribution in [2.24, 2.45) is 5.73 Å². The predicted molar refractivity (Wildman–Crippen MR) is 63.9 cm³/mol. The number of H-pyrrole nitrogens is 1. The number of amides is 1. The summed E-state index contributed by atoms with van der Waals surface area (Å²) >= 11 is 0. The molecular weight excluding hydrogens is 236 g/mol. The molecule has 18 heavy (non-hydrogen) atoms. The fraction of sp³-hybridized carbons (Fsp3) is 0.545. The first-order chi connectivity index (χ1) is 8.61. The molecule has 1 aromatic heterocycles. The van der Waals surface area contributed by atoms with E-state index in [1.807, 2.05) is 0 Å². The highest BCUT2D eigenvalue weighted by Gasteiger charge is 2.29. The Labute approximate surface area is 104 Å². The second-order valence-corrected chi connectivity index (χ2v) is 4.14. The lowest BCUT2D eigenvalue weighted by atomic mass is 10.1. The number of aromatic nitrogens is 2. The number of morpholine rings is 1. The molecule has 0 radical (unpaired) electrons. The minimum Gasteiger partial charge on any atom is -0.377 e. The van der Waals surface area contributed by atoms with E-state index in [1.165, 1.54) is 6.07 Å². The first kappa shape index (κ1) is 12.7. The van der Waals surface area contributed by atoms with Crippen LogP contribution < -0.4 is 11.3 Å². The van der Waals surface area contributed by atoms with E-state index in [2.05, 4.69) is 9.97 Å². The van der Waals surface area contributed by atoms with Crippen molar-refractivity contribution in [2.45, 2.75) is 13.0 Å². The molecule has 1 saturated heterocycles. The van der Waals surface area contributed by atoms with Gasteiger partial charge in [-0.15, -0.1) is 0 Å². The molecule has 0 saturated carbocycles. The van der Waals surface area contributed by atoms with Crippen LogP contribution in [0.5, 0.6) is 0 Å². The van der Waals surface area contributed by atoms with E-state index >= 15 is 0 Å². The van der Waals surface area contributed by atoms with Gasteiger partial charge in [0.1, 0.15) is 5.82 Å². The summed E-state index contributed by atoms with van der Waals surface area (Å²) in [5.74, 6) is 0.353. The van der Waals surface area contributed by atoms with Crippen LogP contribution in [0.1, 0.15) is 17.6 Å². The Bertz CT molecular complexity index is 499. The van der Waals surface area contributed by atoms with Crippen LogP contribution in [0.25, 0.3) is 0 Å². The Hall–Kier alpha value is -1.73. The van der Waals surface area contributed by atoms with E-state index in [4.69, 9.17) is 10.5 Å². The van der Waals surface area contributed by atoms with Gasteiger partial charge in [0.2, 0.25) is 5.91 Å². The molecule has 1 aromatic rings. The number of aromatic amines is 1. The molecule has 1 atom stereocenters. The summed E-state index contributed by atoms with van der Waals surface area (Å²) in [5.41, 5.74) is 5.69. The van der Waals surface area contributed by atoms with Gasteiger partial charge in [-0.05, 0) is 6.92 Å². The highest BCUT2D eigenvalue weighted by molar-refractivity contribution is 5.78. The number of nitrogens with one attached hydrogen (secondary N) is 1. The fourth-order valence-corrected chi connectivity index (χ4v) is 2.04. The van der Waals surface area contributed by atoms with Crippen molar-refractivity contribution in [2.75, 3.05) is 26.3 Å². The van der Waals surface area contributed by atoms with Gasteiger partial charge >= 0.3 is 0 Å². The maximum Gasteiger partial charge on any atom is 0.251 e. The lowest BCUT2D eigenvalue weighted by molar-refractivity contribution is -0.138. The molecular formula is C11H16N4O3. The molecule has 7 nitrogen and oxygen atoms in total. The zero-order valence-corrected chi connectivity index (χ0v) is 10.2. The number of ether oxygens (including phenoxy) is 1. The highest BCUT2D eigenvalue weighted by Crippen LogP contribution is 2.21. The Morgan fingerprint density at radius 1 is 1.72 bits per heavy atom. The molecule has 98 valence electrons. The van der Waals surface area contributed by atoms with Crippen molar-refractivity contribution in [3.05, 3.63) is 27.9 Å². The van der Waals surface area contributed by atoms with Crippen LogP contribution in [0.15, 0.2) is 10.9 Å². The summed E-state index contributed by atoms with van der Waals surface area (Å²) in [6.45, 7) is 2.92. The Balaban J connectivity index is 2.33. The molecule has 1 fully saturated rings. The fourth-order valence-electron chi connectivity index (χ4n) is 2.04. The standard InChI is InChI=1S/C11H16N4O3/c1-7-13-8(4-10(16)14-7)9-6-18-3-2-15(9)11(17)5-12/h4,9H,2-3,5-6,12H2,1H3,(H,13,14,16)/t9-/m0/s1. The van der Waals surface area contributed by atoms with E-state index in [0.717, 1.165) is 0 Å². The minimum atomic E-state index is -0.337. The number of carbonyl (C=O) groups is 1. The summed E-state index contributed by atoms with van der Waals surface area (Å²) < 4.78 is 5.35. The van der Waals surface area contributed by atoms with Crippen LogP contribution in [-0.2, 0) is 9.53 Å². The maximum atomic E-state index is 11.8. The SMILES string of the molecule is Cc1nc([C@@H]2COCCN2C(=O)CN)cc(=O)[nH]1. The van der Waals surface area contributed by atoms with E-state index < -0.39 is 0 Å². The average Bonchev–Trinajstić information content (AvgIpc) is 2.36. The molecule has 2 heterocycles. The zero-order valence-electron chi connectivity index (χ0n) is 10.2. The second-order valence-electron chi connectivity index (χ2n) is 4.14. The number of nitrogens with two attached hydrogens (primary N) is 1. The third kappa shape index (κ3) is 2.57. The van der Waals surface area contributed by atoms with E-state index in [0.29, 0.717) is 31.3 Å². The number of hydrogen-bond acceptors (Lipinski definition) is 5. The summed E-state index contributed by atoms with van der Waals surface area (Å²) in [5, 5.41) is 0. The Morgan fingerprint density at radius 2 is 2.50 bits per heavy atom. The van der Waals surface area contributed by atoms with Gasteiger partial charge in [-0.25, -0.2) is 4.98 Å². The van der Waals surface area contributed by atoms with Gasteiger partial charge in [0.05, 0.1) is 31.5 Å². The number of nitrogens with zero attached hydrogens (tertiary/aromatic N) is 2. The largest absolute Gasteiger partial charge is 0.377 e. The lowest BCUT2D eigenvalue weighted by Crippen LogP contribution is -2.46. The quantitative estimate of drug-likeness (QED) is 0.698. The smallest absolute Gasteiger partial charge is 0.251 e. The molecule has 1 aliphatic heterocycles. The van der Waals surface area contributed by atoms with Crippen molar-refractivity contribution in [3.8, 4) is 0 Å². The van der Waals surface area contributed by atoms with Crippen LogP contribution in [0.2, 0.25) is 0 Å². The summed E-state index contributed by atoms with van der Waals surface area (Å²) in [7, 11) is 0. The van der Waals surface area contributed by atoms with E-state index in [1.54, 1.807) is 11.8 Å². The van der Waals surface area contributed by atoms with Crippen LogP contribution in [0.3, 0.4) is 0 Å². The highest BCUT2D eigenvalue weighted by atomic mass is 16.5. The Kier molecular flexibility index (Phi) is 3.73. The van der Waals surface area contributed by atoms with Crippen molar-refractivity contribution < 1.29 is 9.53 Å². The van der Waals surface area contributed by atoms with Crippen LogP contribution in [0, 0.1) is 6.92 Å². The number of hydrogen-bond donors (Lipinski definition) is 2. The number of carbonyl (C=O) groups excluding carboxylic acids is 1. The molecule has 1 amide bonds. The van der Waals surface area contributed by atoms with Gasteiger partial charge in [0, 0.05) is 12.6 Å². The topological polar surface area (TPSA) is 101 Å². The monoisotopic (exact) mass is 252 g/mol. The zero-order chi connectivity index (χ0) is 13.1. The van der Waals surface area contributed by atoms with Gasteiger partial charge in [-0.1, -0.05) is 0 Å². The molecule has 1 aliphatic rings. The van der Waals surface area contributed by atoms with E-state index in [-0.39, 0.29) is 24.1 Å². The Morgan fingerprint density at radius 3 is 3.17 bits per heavy atom. The van der Waals surface area contributed by atoms with Gasteiger partial charge < -0.3 is 20.4 Å². The summed E-state index contributed by atoms with van der Waals surface area (Å²) in [6, 6.07) is 1.05. The summed E-state index contributed by atoms with van der Waals surface area (Å²) in [6.07, 6.45) is 0. The van der Waals surface area contributed by atoms with Crippen molar-refractivity contribution >= 4 is 5.91 Å². The molecule has 3 N–H and O–H groups in total. The van der Waals surface area contributed by atoms with Crippen molar-refractivity contribution in [1.29, 1.82) is 0 Å². The third-order valence-electron chi connectivity index (χ3n) is 2.84. The lowest BCUT2D eigenvalue weighted by Gasteiger charge is -2.35. The first-order valence-electron chi connectivity index (χ1n) is 5.77. The summed E-state index contributed by atoms with van der Waals surface area (Å²) in [4.78, 5) is 31.6. The molecule has 7 heteroatoms. The second kappa shape index (κ2) is 5.28. The van der Waals surface area contributed by atoms with Crippen molar-refractivity contribution in [1.82, 2.24) is 14.9 Å². The molecule has 2 rings (SSSR count). The van der Waals surface area contributed by atoms with Gasteiger partial charge in [0.15, 0.2) is 0 Å². The minimum absolute atomic E-state index is 0.0569. The van der Waals surface area contributed by atoms with Gasteiger partial charge in [-0.3, -0.25) is 9.59 Å². The normalized spacial score (nSPS) is 19.9. The molecule has 0 unspecified atom stereocenters. The molecule has 0 aromatic carbocycles. The van der Waals surface area contributed by atoms with Crippen LogP contribution in [-0.4, -0.2) is 47.1 Å². The van der Waals surface area contributed by atoms with Crippen LogP contribution >= 0.6 is 0 Å². The molecule has 0 aliphatic carbocycles. The molecule has 0 bridgehead atoms. The third-order valence-corrected chi connectivity index (χ3v) is 2.84. The van der Waals surface area contributed by atoms with E-state index in [9.17, 15) is 9.59 Å². The van der Waals surface area contributed by atoms with Crippen molar-refractivity contribution in [3.63, 3.8) is 0 Å². The van der Waals surface area contributed by atoms with Crippen LogP contribution in [0.4, 0.5) is 0 Å². The predicted octanol–water partition coefficient (Wildman–Crippen LogP) is -1.06. The van der Waals surface area contributed by atoms with Gasteiger partial charge in [0.25, 0.3) is 5.56 Å². The average molecular weight is 252 g/mol. The number of rotatable bonds is 2. The first-order valence-corrected chi connectivity index (χ1v) is 5.77. The molecule has 0 spiro atoms. The number of aryl methyl sites for hydroxylation is 1. The maximum absolute atomic E-state index is 11.8.